The minimum atomic E-state index is -0.239. The zero-order chi connectivity index (χ0) is 31.9. The van der Waals surface area contributed by atoms with Crippen molar-refractivity contribution in [2.45, 2.75) is 19.0 Å². The van der Waals surface area contributed by atoms with Gasteiger partial charge in [0, 0.05) is 44.3 Å². The largest absolute Gasteiger partial charge is 0.455 e. The second-order valence-electron chi connectivity index (χ2n) is 12.1. The van der Waals surface area contributed by atoms with E-state index in [9.17, 15) is 0 Å². The number of hydrogen-bond acceptors (Lipinski definition) is 5. The van der Waals surface area contributed by atoms with Gasteiger partial charge in [0.05, 0.1) is 0 Å². The summed E-state index contributed by atoms with van der Waals surface area (Å²) in [6.45, 7) is 0. The van der Waals surface area contributed by atoms with Crippen molar-refractivity contribution in [3.63, 3.8) is 0 Å². The van der Waals surface area contributed by atoms with Crippen LogP contribution in [0.3, 0.4) is 0 Å². The molecule has 5 nitrogen and oxygen atoms in total. The second kappa shape index (κ2) is 11.9. The fourth-order valence-corrected chi connectivity index (χ4v) is 6.83. The molecule has 1 N–H and O–H groups in total. The number of aliphatic imine (C=N–C) groups is 2. The molecule has 0 amide bonds. The monoisotopic (exact) mass is 620 g/mol. The number of para-hydroxylation sites is 2. The lowest BCUT2D eigenvalue weighted by atomic mass is 9.98. The summed E-state index contributed by atoms with van der Waals surface area (Å²) in [6.07, 6.45) is 8.52. The van der Waals surface area contributed by atoms with Gasteiger partial charge in [-0.25, -0.2) is 9.98 Å². The van der Waals surface area contributed by atoms with Gasteiger partial charge in [-0.3, -0.25) is 0 Å². The van der Waals surface area contributed by atoms with Crippen LogP contribution in [-0.4, -0.2) is 17.8 Å². The van der Waals surface area contributed by atoms with E-state index in [1.807, 2.05) is 30.3 Å². The minimum Gasteiger partial charge on any atom is -0.455 e. The van der Waals surface area contributed by atoms with Crippen LogP contribution >= 0.6 is 0 Å². The first kappa shape index (κ1) is 28.1. The average molecular weight is 621 g/mol. The SMILES string of the molecule is C1=CC(C2N=C(c3ccccc3)N=C(c3cc4c5cc(N(c6ccccc6)c6ccccc6)ccc5oc4c4ccccc34)N2)=CCC1. The Kier molecular flexibility index (Phi) is 6.94. The Morgan fingerprint density at radius 3 is 2.02 bits per heavy atom. The van der Waals surface area contributed by atoms with Crippen molar-refractivity contribution in [1.82, 2.24) is 5.32 Å². The maximum atomic E-state index is 6.64. The van der Waals surface area contributed by atoms with Crippen molar-refractivity contribution in [2.75, 3.05) is 4.90 Å². The number of benzene rings is 6. The molecular formula is C43H32N4O. The zero-order valence-corrected chi connectivity index (χ0v) is 26.3. The Labute approximate surface area is 278 Å². The normalized spacial score (nSPS) is 16.0. The summed E-state index contributed by atoms with van der Waals surface area (Å²) in [5.74, 6) is 1.52. The summed E-state index contributed by atoms with van der Waals surface area (Å²) < 4.78 is 6.64. The molecule has 0 fully saturated rings. The third-order valence-corrected chi connectivity index (χ3v) is 9.12. The lowest BCUT2D eigenvalue weighted by Gasteiger charge is -2.26. The van der Waals surface area contributed by atoms with Gasteiger partial charge in [-0.2, -0.15) is 0 Å². The smallest absolute Gasteiger partial charge is 0.159 e. The summed E-state index contributed by atoms with van der Waals surface area (Å²) in [5.41, 5.74) is 8.12. The van der Waals surface area contributed by atoms with Crippen molar-refractivity contribution in [2.24, 2.45) is 9.98 Å². The summed E-state index contributed by atoms with van der Waals surface area (Å²) in [4.78, 5) is 12.6. The highest BCUT2D eigenvalue weighted by molar-refractivity contribution is 6.24. The molecule has 0 radical (unpaired) electrons. The molecule has 0 saturated heterocycles. The van der Waals surface area contributed by atoms with E-state index in [0.29, 0.717) is 0 Å². The summed E-state index contributed by atoms with van der Waals surface area (Å²) >= 11 is 0. The lowest BCUT2D eigenvalue weighted by molar-refractivity contribution is 0.672. The standard InChI is InChI=1S/C43H32N4O/c1-5-15-29(16-6-1)41-44-42(30-17-7-2-8-18-30)46-43(45-41)38-28-37-36-27-33(25-26-39(36)48-40(37)35-24-14-13-23-34(35)38)47(31-19-9-3-10-20-31)32-21-11-4-12-22-32/h1,3-7,9-28,42H,2,8H2,(H,44,45,46). The Morgan fingerprint density at radius 2 is 1.31 bits per heavy atom. The molecule has 2 heterocycles. The van der Waals surface area contributed by atoms with E-state index in [4.69, 9.17) is 14.4 Å². The quantitative estimate of drug-likeness (QED) is 0.201. The van der Waals surface area contributed by atoms with Crippen molar-refractivity contribution in [3.8, 4) is 0 Å². The molecule has 230 valence electrons. The van der Waals surface area contributed by atoms with E-state index >= 15 is 0 Å². The van der Waals surface area contributed by atoms with Gasteiger partial charge in [-0.1, -0.05) is 109 Å². The van der Waals surface area contributed by atoms with E-state index in [2.05, 4.69) is 138 Å². The maximum absolute atomic E-state index is 6.64. The molecule has 1 atom stereocenters. The molecule has 0 saturated carbocycles. The van der Waals surface area contributed by atoms with Gasteiger partial charge in [-0.05, 0) is 72.3 Å². The van der Waals surface area contributed by atoms with Gasteiger partial charge in [0.1, 0.15) is 23.2 Å². The molecule has 7 aromatic rings. The molecule has 0 spiro atoms. The zero-order valence-electron chi connectivity index (χ0n) is 26.3. The van der Waals surface area contributed by atoms with Crippen molar-refractivity contribution < 1.29 is 4.42 Å². The number of allylic oxidation sites excluding steroid dienone is 2. The Balaban J connectivity index is 1.25. The molecule has 48 heavy (non-hydrogen) atoms. The van der Waals surface area contributed by atoms with E-state index in [1.54, 1.807) is 0 Å². The highest BCUT2D eigenvalue weighted by Crippen LogP contribution is 2.41. The first-order valence-corrected chi connectivity index (χ1v) is 16.4. The minimum absolute atomic E-state index is 0.239. The maximum Gasteiger partial charge on any atom is 0.159 e. The first-order chi connectivity index (χ1) is 23.8. The fraction of sp³-hybridized carbons (Fsp3) is 0.0698. The number of anilines is 3. The molecule has 9 rings (SSSR count). The van der Waals surface area contributed by atoms with Crippen LogP contribution in [0, 0.1) is 0 Å². The number of nitrogens with zero attached hydrogens (tertiary/aromatic N) is 3. The van der Waals surface area contributed by atoms with Crippen LogP contribution in [-0.2, 0) is 0 Å². The van der Waals surface area contributed by atoms with Crippen LogP contribution in [0.5, 0.6) is 0 Å². The molecular weight excluding hydrogens is 589 g/mol. The van der Waals surface area contributed by atoms with Gasteiger partial charge in [0.25, 0.3) is 0 Å². The second-order valence-corrected chi connectivity index (χ2v) is 12.1. The third kappa shape index (κ3) is 4.97. The number of nitrogens with one attached hydrogen (secondary N) is 1. The Morgan fingerprint density at radius 1 is 0.625 bits per heavy atom. The molecule has 1 aliphatic carbocycles. The van der Waals surface area contributed by atoms with Gasteiger partial charge < -0.3 is 14.6 Å². The van der Waals surface area contributed by atoms with Gasteiger partial charge in [-0.15, -0.1) is 0 Å². The van der Waals surface area contributed by atoms with Crippen molar-refractivity contribution in [3.05, 3.63) is 174 Å². The molecule has 2 aliphatic rings. The van der Waals surface area contributed by atoms with Crippen LogP contribution < -0.4 is 10.2 Å². The predicted octanol–water partition coefficient (Wildman–Crippen LogP) is 10.6. The van der Waals surface area contributed by atoms with Crippen LogP contribution in [0.4, 0.5) is 17.1 Å². The van der Waals surface area contributed by atoms with E-state index in [-0.39, 0.29) is 6.17 Å². The third-order valence-electron chi connectivity index (χ3n) is 9.12. The lowest BCUT2D eigenvalue weighted by Crippen LogP contribution is -2.40. The van der Waals surface area contributed by atoms with E-state index in [1.165, 1.54) is 0 Å². The fourth-order valence-electron chi connectivity index (χ4n) is 6.83. The Bertz CT molecular complexity index is 2380. The van der Waals surface area contributed by atoms with Gasteiger partial charge in [0.2, 0.25) is 0 Å². The highest BCUT2D eigenvalue weighted by atomic mass is 16.3. The van der Waals surface area contributed by atoms with E-state index in [0.717, 1.165) is 91.0 Å². The average Bonchev–Trinajstić information content (AvgIpc) is 3.54. The number of fused-ring (bicyclic) bond motifs is 5. The first-order valence-electron chi connectivity index (χ1n) is 16.4. The number of amidine groups is 2. The number of hydrogen-bond donors (Lipinski definition) is 1. The Hall–Kier alpha value is -6.20. The summed E-state index contributed by atoms with van der Waals surface area (Å²) in [6, 6.07) is 48.4. The topological polar surface area (TPSA) is 53.1 Å². The van der Waals surface area contributed by atoms with E-state index < -0.39 is 0 Å². The predicted molar refractivity (Wildman–Crippen MR) is 199 cm³/mol. The van der Waals surface area contributed by atoms with Crippen LogP contribution in [0.15, 0.2) is 178 Å². The van der Waals surface area contributed by atoms with Crippen molar-refractivity contribution in [1.29, 1.82) is 0 Å². The van der Waals surface area contributed by atoms with Crippen molar-refractivity contribution >= 4 is 61.4 Å². The van der Waals surface area contributed by atoms with Crippen LogP contribution in [0.2, 0.25) is 0 Å². The highest BCUT2D eigenvalue weighted by Gasteiger charge is 2.25. The molecule has 5 heteroatoms. The molecule has 1 aromatic heterocycles. The summed E-state index contributed by atoms with van der Waals surface area (Å²) in [5, 5.41) is 7.93. The molecule has 0 bridgehead atoms. The summed E-state index contributed by atoms with van der Waals surface area (Å²) in [7, 11) is 0. The van der Waals surface area contributed by atoms with Crippen LogP contribution in [0.1, 0.15) is 24.0 Å². The van der Waals surface area contributed by atoms with Gasteiger partial charge in [0.15, 0.2) is 5.84 Å². The molecule has 1 unspecified atom stereocenters. The molecule has 6 aromatic carbocycles. The van der Waals surface area contributed by atoms with Gasteiger partial charge >= 0.3 is 0 Å². The van der Waals surface area contributed by atoms with Crippen LogP contribution in [0.25, 0.3) is 32.7 Å². The number of furan rings is 1. The molecule has 1 aliphatic heterocycles. The number of rotatable bonds is 6.